The summed E-state index contributed by atoms with van der Waals surface area (Å²) in [5.74, 6) is 2.70. The number of nitrogens with zero attached hydrogens (tertiary/aromatic N) is 4. The van der Waals surface area contributed by atoms with E-state index in [0.717, 1.165) is 49.9 Å². The van der Waals surface area contributed by atoms with Gasteiger partial charge in [0.25, 0.3) is 0 Å². The van der Waals surface area contributed by atoms with Crippen LogP contribution in [0.5, 0.6) is 0 Å². The minimum absolute atomic E-state index is 0.462. The van der Waals surface area contributed by atoms with E-state index in [-0.39, 0.29) is 0 Å². The fraction of sp³-hybridized carbons (Fsp3) is 0.591. The largest absolute Gasteiger partial charge is 0.357 e. The van der Waals surface area contributed by atoms with Gasteiger partial charge >= 0.3 is 0 Å². The van der Waals surface area contributed by atoms with Gasteiger partial charge in [0.2, 0.25) is 11.7 Å². The van der Waals surface area contributed by atoms with Crippen molar-refractivity contribution in [2.24, 2.45) is 10.9 Å². The Bertz CT molecular complexity index is 813. The number of guanidine groups is 1. The molecule has 30 heavy (non-hydrogen) atoms. The molecule has 1 saturated heterocycles. The second-order valence-corrected chi connectivity index (χ2v) is 8.58. The Balaban J connectivity index is 1.49. The number of rotatable bonds is 8. The van der Waals surface area contributed by atoms with Gasteiger partial charge in [-0.25, -0.2) is 0 Å². The summed E-state index contributed by atoms with van der Waals surface area (Å²) in [7, 11) is 0. The molecule has 164 valence electrons. The highest BCUT2D eigenvalue weighted by molar-refractivity contribution is 6.30. The summed E-state index contributed by atoms with van der Waals surface area (Å²) in [6.07, 6.45) is 2.88. The van der Waals surface area contributed by atoms with E-state index in [2.05, 4.69) is 46.4 Å². The van der Waals surface area contributed by atoms with Crippen molar-refractivity contribution >= 4 is 17.6 Å². The number of aromatic nitrogens is 2. The molecule has 7 nitrogen and oxygen atoms in total. The molecule has 0 amide bonds. The van der Waals surface area contributed by atoms with Gasteiger partial charge in [-0.2, -0.15) is 4.98 Å². The molecule has 2 aromatic rings. The van der Waals surface area contributed by atoms with Gasteiger partial charge in [-0.05, 0) is 37.8 Å². The molecule has 0 atom stereocenters. The van der Waals surface area contributed by atoms with Gasteiger partial charge in [0.15, 0.2) is 5.96 Å². The summed E-state index contributed by atoms with van der Waals surface area (Å²) in [5.41, 5.74) is 0.847. The predicted molar refractivity (Wildman–Crippen MR) is 122 cm³/mol. The lowest BCUT2D eigenvalue weighted by Gasteiger charge is -2.34. The number of hydrogen-bond donors (Lipinski definition) is 2. The first-order valence-corrected chi connectivity index (χ1v) is 11.3. The molecule has 1 fully saturated rings. The van der Waals surface area contributed by atoms with Crippen LogP contribution in [0.15, 0.2) is 33.8 Å². The number of hydrogen-bond acceptors (Lipinski definition) is 5. The van der Waals surface area contributed by atoms with Crippen molar-refractivity contribution in [2.45, 2.75) is 46.1 Å². The van der Waals surface area contributed by atoms with E-state index in [1.165, 1.54) is 6.54 Å². The van der Waals surface area contributed by atoms with Gasteiger partial charge in [0.05, 0.1) is 6.54 Å². The first kappa shape index (κ1) is 22.6. The normalized spacial score (nSPS) is 16.2. The molecular weight excluding hydrogens is 400 g/mol. The van der Waals surface area contributed by atoms with E-state index in [0.29, 0.717) is 35.7 Å². The lowest BCUT2D eigenvalue weighted by atomic mass is 10.0. The van der Waals surface area contributed by atoms with Crippen LogP contribution in [0.2, 0.25) is 5.02 Å². The van der Waals surface area contributed by atoms with Crippen LogP contribution in [0, 0.1) is 5.92 Å². The Kier molecular flexibility index (Phi) is 8.51. The number of aliphatic imine (C=N–C) groups is 1. The predicted octanol–water partition coefficient (Wildman–Crippen LogP) is 3.61. The maximum absolute atomic E-state index is 6.04. The number of piperidine rings is 1. The van der Waals surface area contributed by atoms with Gasteiger partial charge in [-0.3, -0.25) is 4.99 Å². The highest BCUT2D eigenvalue weighted by atomic mass is 35.5. The minimum Gasteiger partial charge on any atom is -0.357 e. The van der Waals surface area contributed by atoms with Crippen LogP contribution < -0.4 is 10.6 Å². The van der Waals surface area contributed by atoms with Crippen LogP contribution in [0.4, 0.5) is 0 Å². The smallest absolute Gasteiger partial charge is 0.228 e. The average Bonchev–Trinajstić information content (AvgIpc) is 3.18. The Morgan fingerprint density at radius 2 is 2.13 bits per heavy atom. The van der Waals surface area contributed by atoms with Crippen molar-refractivity contribution in [2.75, 3.05) is 32.7 Å². The fourth-order valence-corrected chi connectivity index (χ4v) is 3.84. The zero-order valence-corrected chi connectivity index (χ0v) is 19.0. The highest BCUT2D eigenvalue weighted by Crippen LogP contribution is 2.20. The summed E-state index contributed by atoms with van der Waals surface area (Å²) in [6.45, 7) is 11.5. The van der Waals surface area contributed by atoms with E-state index >= 15 is 0 Å². The van der Waals surface area contributed by atoms with Crippen LogP contribution >= 0.6 is 11.6 Å². The van der Waals surface area contributed by atoms with E-state index in [1.807, 2.05) is 24.3 Å². The van der Waals surface area contributed by atoms with Gasteiger partial charge in [0, 0.05) is 49.2 Å². The Labute approximate surface area is 184 Å². The molecule has 1 aliphatic heterocycles. The topological polar surface area (TPSA) is 78.6 Å². The SMILES string of the molecule is CCNC(=NCCc1nc(-c2cccc(Cl)c2)no1)NC1CCN(CC(C)C)CC1. The molecule has 1 aromatic carbocycles. The number of benzene rings is 1. The van der Waals surface area contributed by atoms with Crippen molar-refractivity contribution in [3.05, 3.63) is 35.2 Å². The fourth-order valence-electron chi connectivity index (χ4n) is 3.65. The summed E-state index contributed by atoms with van der Waals surface area (Å²) in [4.78, 5) is 11.7. The van der Waals surface area contributed by atoms with E-state index < -0.39 is 0 Å². The first-order chi connectivity index (χ1) is 14.5. The molecule has 1 aliphatic rings. The summed E-state index contributed by atoms with van der Waals surface area (Å²) in [6, 6.07) is 7.90. The number of halogens is 1. The van der Waals surface area contributed by atoms with Crippen LogP contribution in [-0.4, -0.2) is 59.8 Å². The van der Waals surface area contributed by atoms with Crippen LogP contribution in [0.25, 0.3) is 11.4 Å². The summed E-state index contributed by atoms with van der Waals surface area (Å²) < 4.78 is 5.37. The maximum atomic E-state index is 6.04. The quantitative estimate of drug-likeness (QED) is 0.490. The number of nitrogens with one attached hydrogen (secondary N) is 2. The van der Waals surface area contributed by atoms with Gasteiger partial charge < -0.3 is 20.1 Å². The molecule has 0 unspecified atom stereocenters. The van der Waals surface area contributed by atoms with Crippen LogP contribution in [0.1, 0.15) is 39.5 Å². The molecule has 0 radical (unpaired) electrons. The van der Waals surface area contributed by atoms with Crippen LogP contribution in [0.3, 0.4) is 0 Å². The molecule has 1 aromatic heterocycles. The van der Waals surface area contributed by atoms with Gasteiger partial charge in [-0.15, -0.1) is 0 Å². The lowest BCUT2D eigenvalue weighted by molar-refractivity contribution is 0.187. The third-order valence-corrected chi connectivity index (χ3v) is 5.28. The zero-order valence-electron chi connectivity index (χ0n) is 18.2. The second-order valence-electron chi connectivity index (χ2n) is 8.15. The zero-order chi connectivity index (χ0) is 21.3. The molecule has 0 aliphatic carbocycles. The number of likely N-dealkylation sites (tertiary alicyclic amines) is 1. The third kappa shape index (κ3) is 6.99. The summed E-state index contributed by atoms with van der Waals surface area (Å²) >= 11 is 6.04. The van der Waals surface area contributed by atoms with Crippen molar-refractivity contribution in [3.8, 4) is 11.4 Å². The molecule has 0 bridgehead atoms. The molecule has 0 saturated carbocycles. The second kappa shape index (κ2) is 11.3. The highest BCUT2D eigenvalue weighted by Gasteiger charge is 2.20. The Hall–Kier alpha value is -2.12. The third-order valence-electron chi connectivity index (χ3n) is 5.04. The Morgan fingerprint density at radius 1 is 1.33 bits per heavy atom. The molecule has 2 heterocycles. The van der Waals surface area contributed by atoms with Gasteiger partial charge in [-0.1, -0.05) is 42.7 Å². The molecule has 3 rings (SSSR count). The molecule has 8 heteroatoms. The van der Waals surface area contributed by atoms with Crippen molar-refractivity contribution in [1.82, 2.24) is 25.7 Å². The van der Waals surface area contributed by atoms with Crippen LogP contribution in [-0.2, 0) is 6.42 Å². The first-order valence-electron chi connectivity index (χ1n) is 10.9. The maximum Gasteiger partial charge on any atom is 0.228 e. The average molecular weight is 433 g/mol. The monoisotopic (exact) mass is 432 g/mol. The summed E-state index contributed by atoms with van der Waals surface area (Å²) in [5, 5.41) is 11.6. The standard InChI is InChI=1S/C22H33ClN6O/c1-4-24-22(26-19-9-12-29(13-10-19)15-16(2)3)25-11-8-20-27-21(28-30-20)17-6-5-7-18(23)14-17/h5-7,14,16,19H,4,8-13,15H2,1-3H3,(H2,24,25,26). The molecular formula is C22H33ClN6O. The van der Waals surface area contributed by atoms with E-state index in [4.69, 9.17) is 21.1 Å². The van der Waals surface area contributed by atoms with Crippen molar-refractivity contribution in [1.29, 1.82) is 0 Å². The Morgan fingerprint density at radius 3 is 2.83 bits per heavy atom. The molecule has 0 spiro atoms. The minimum atomic E-state index is 0.462. The van der Waals surface area contributed by atoms with Gasteiger partial charge in [0.1, 0.15) is 0 Å². The lowest BCUT2D eigenvalue weighted by Crippen LogP contribution is -2.49. The van der Waals surface area contributed by atoms with Crippen molar-refractivity contribution in [3.63, 3.8) is 0 Å². The van der Waals surface area contributed by atoms with E-state index in [9.17, 15) is 0 Å². The van der Waals surface area contributed by atoms with E-state index in [1.54, 1.807) is 0 Å². The van der Waals surface area contributed by atoms with Crippen molar-refractivity contribution < 1.29 is 4.52 Å². The molecule has 2 N–H and O–H groups in total.